The molecule has 0 saturated carbocycles. The molecule has 17 heavy (non-hydrogen) atoms. The van der Waals surface area contributed by atoms with E-state index in [0.717, 1.165) is 32.4 Å². The summed E-state index contributed by atoms with van der Waals surface area (Å²) in [4.78, 5) is 23.2. The van der Waals surface area contributed by atoms with Crippen molar-refractivity contribution in [2.45, 2.75) is 45.1 Å². The molecule has 1 aliphatic rings. The highest BCUT2D eigenvalue weighted by Gasteiger charge is 2.35. The van der Waals surface area contributed by atoms with Crippen LogP contribution < -0.4 is 10.6 Å². The third-order valence-electron chi connectivity index (χ3n) is 3.33. The van der Waals surface area contributed by atoms with E-state index in [1.165, 1.54) is 0 Å². The van der Waals surface area contributed by atoms with Gasteiger partial charge in [0.2, 0.25) is 5.91 Å². The molecule has 0 aromatic rings. The third-order valence-corrected chi connectivity index (χ3v) is 3.33. The highest BCUT2D eigenvalue weighted by molar-refractivity contribution is 5.87. The average Bonchev–Trinajstić information content (AvgIpc) is 2.30. The van der Waals surface area contributed by atoms with Gasteiger partial charge in [-0.05, 0) is 39.3 Å². The average molecular weight is 242 g/mol. The highest BCUT2D eigenvalue weighted by atomic mass is 16.4. The Morgan fingerprint density at radius 1 is 1.41 bits per heavy atom. The van der Waals surface area contributed by atoms with Crippen LogP contribution in [0.2, 0.25) is 0 Å². The number of carbonyl (C=O) groups excluding carboxylic acids is 1. The van der Waals surface area contributed by atoms with Crippen molar-refractivity contribution in [3.63, 3.8) is 0 Å². The van der Waals surface area contributed by atoms with Crippen LogP contribution in [0.1, 0.15) is 39.5 Å². The molecule has 0 aromatic heterocycles. The number of aliphatic carboxylic acids is 1. The second kappa shape index (κ2) is 6.00. The Morgan fingerprint density at radius 2 is 2.00 bits per heavy atom. The molecule has 5 nitrogen and oxygen atoms in total. The van der Waals surface area contributed by atoms with Crippen molar-refractivity contribution < 1.29 is 14.7 Å². The summed E-state index contributed by atoms with van der Waals surface area (Å²) < 4.78 is 0. The van der Waals surface area contributed by atoms with Gasteiger partial charge in [0.05, 0.1) is 0 Å². The van der Waals surface area contributed by atoms with E-state index in [1.54, 1.807) is 6.92 Å². The van der Waals surface area contributed by atoms with Gasteiger partial charge < -0.3 is 15.7 Å². The number of carboxylic acid groups (broad SMARTS) is 1. The van der Waals surface area contributed by atoms with Crippen molar-refractivity contribution in [3.8, 4) is 0 Å². The van der Waals surface area contributed by atoms with Gasteiger partial charge in [0.25, 0.3) is 0 Å². The molecule has 1 heterocycles. The van der Waals surface area contributed by atoms with Gasteiger partial charge in [-0.1, -0.05) is 13.3 Å². The number of hydrogen-bond acceptors (Lipinski definition) is 3. The molecule has 0 radical (unpaired) electrons. The van der Waals surface area contributed by atoms with E-state index >= 15 is 0 Å². The molecule has 0 aromatic carbocycles. The molecular weight excluding hydrogens is 220 g/mol. The minimum absolute atomic E-state index is 0.0493. The monoisotopic (exact) mass is 242 g/mol. The summed E-state index contributed by atoms with van der Waals surface area (Å²) in [6, 6.07) is 0. The minimum atomic E-state index is -1.13. The Balaban J connectivity index is 2.60. The van der Waals surface area contributed by atoms with Crippen molar-refractivity contribution in [2.24, 2.45) is 5.92 Å². The summed E-state index contributed by atoms with van der Waals surface area (Å²) in [6.45, 7) is 5.15. The maximum Gasteiger partial charge on any atom is 0.329 e. The van der Waals surface area contributed by atoms with Gasteiger partial charge in [0.1, 0.15) is 5.54 Å². The predicted octanol–water partition coefficient (Wildman–Crippen LogP) is 0.746. The number of nitrogens with one attached hydrogen (secondary N) is 2. The molecule has 1 amide bonds. The van der Waals surface area contributed by atoms with Gasteiger partial charge in [0, 0.05) is 5.92 Å². The van der Waals surface area contributed by atoms with Crippen molar-refractivity contribution in [2.75, 3.05) is 13.1 Å². The predicted molar refractivity (Wildman–Crippen MR) is 64.7 cm³/mol. The molecule has 1 aliphatic heterocycles. The van der Waals surface area contributed by atoms with Crippen molar-refractivity contribution in [1.29, 1.82) is 0 Å². The first kappa shape index (κ1) is 14.0. The second-order valence-electron chi connectivity index (χ2n) is 4.90. The van der Waals surface area contributed by atoms with Crippen molar-refractivity contribution in [3.05, 3.63) is 0 Å². The van der Waals surface area contributed by atoms with Crippen LogP contribution in [0.15, 0.2) is 0 Å². The Kier molecular flexibility index (Phi) is 4.93. The molecule has 3 N–H and O–H groups in total. The van der Waals surface area contributed by atoms with E-state index in [-0.39, 0.29) is 11.8 Å². The van der Waals surface area contributed by atoms with Crippen LogP contribution >= 0.6 is 0 Å². The van der Waals surface area contributed by atoms with E-state index in [9.17, 15) is 14.7 Å². The quantitative estimate of drug-likeness (QED) is 0.664. The van der Waals surface area contributed by atoms with Gasteiger partial charge in [-0.15, -0.1) is 0 Å². The summed E-state index contributed by atoms with van der Waals surface area (Å²) in [5.74, 6) is -1.13. The van der Waals surface area contributed by atoms with Crippen LogP contribution in [-0.2, 0) is 9.59 Å². The van der Waals surface area contributed by atoms with Gasteiger partial charge >= 0.3 is 5.97 Å². The second-order valence-corrected chi connectivity index (χ2v) is 4.90. The third kappa shape index (κ3) is 3.70. The Bertz CT molecular complexity index is 287. The largest absolute Gasteiger partial charge is 0.480 e. The Labute approximate surface area is 102 Å². The first-order valence-corrected chi connectivity index (χ1v) is 6.25. The van der Waals surface area contributed by atoms with Gasteiger partial charge in [-0.2, -0.15) is 0 Å². The number of hydrogen-bond donors (Lipinski definition) is 3. The molecule has 1 rings (SSSR count). The zero-order valence-corrected chi connectivity index (χ0v) is 10.6. The van der Waals surface area contributed by atoms with Gasteiger partial charge in [-0.3, -0.25) is 4.79 Å². The van der Waals surface area contributed by atoms with E-state index in [4.69, 9.17) is 0 Å². The normalized spacial score (nSPS) is 20.6. The van der Waals surface area contributed by atoms with Crippen LogP contribution in [0.25, 0.3) is 0 Å². The van der Waals surface area contributed by atoms with E-state index in [0.29, 0.717) is 6.42 Å². The zero-order valence-electron chi connectivity index (χ0n) is 10.6. The van der Waals surface area contributed by atoms with Crippen LogP contribution in [0.4, 0.5) is 0 Å². The standard InChI is InChI=1S/C12H22N2O3/c1-3-6-12(2,11(16)17)14-10(15)9-4-7-13-8-5-9/h9,13H,3-8H2,1-2H3,(H,14,15)(H,16,17). The zero-order chi connectivity index (χ0) is 12.9. The van der Waals surface area contributed by atoms with Crippen LogP contribution in [0.3, 0.4) is 0 Å². The molecule has 1 atom stereocenters. The van der Waals surface area contributed by atoms with E-state index < -0.39 is 11.5 Å². The summed E-state index contributed by atoms with van der Waals surface area (Å²) in [6.07, 6.45) is 2.76. The number of amides is 1. The fourth-order valence-electron chi connectivity index (χ4n) is 2.18. The van der Waals surface area contributed by atoms with Crippen molar-refractivity contribution >= 4 is 11.9 Å². The number of carboxylic acids is 1. The number of carbonyl (C=O) groups is 2. The molecule has 1 saturated heterocycles. The number of rotatable bonds is 5. The fourth-order valence-corrected chi connectivity index (χ4v) is 2.18. The number of piperidine rings is 1. The summed E-state index contributed by atoms with van der Waals surface area (Å²) in [7, 11) is 0. The lowest BCUT2D eigenvalue weighted by atomic mass is 9.92. The molecule has 98 valence electrons. The minimum Gasteiger partial charge on any atom is -0.480 e. The fraction of sp³-hybridized carbons (Fsp3) is 0.833. The van der Waals surface area contributed by atoms with Crippen molar-refractivity contribution in [1.82, 2.24) is 10.6 Å². The summed E-state index contributed by atoms with van der Waals surface area (Å²) in [5, 5.41) is 15.1. The van der Waals surface area contributed by atoms with Gasteiger partial charge in [0.15, 0.2) is 0 Å². The first-order valence-electron chi connectivity index (χ1n) is 6.25. The molecule has 1 unspecified atom stereocenters. The van der Waals surface area contributed by atoms with Gasteiger partial charge in [-0.25, -0.2) is 4.79 Å². The lowest BCUT2D eigenvalue weighted by Gasteiger charge is -2.29. The maximum atomic E-state index is 12.0. The molecule has 0 spiro atoms. The molecular formula is C12H22N2O3. The SMILES string of the molecule is CCCC(C)(NC(=O)C1CCNCC1)C(=O)O. The summed E-state index contributed by atoms with van der Waals surface area (Å²) in [5.41, 5.74) is -1.13. The summed E-state index contributed by atoms with van der Waals surface area (Å²) >= 11 is 0. The van der Waals surface area contributed by atoms with Crippen LogP contribution in [-0.4, -0.2) is 35.6 Å². The maximum absolute atomic E-state index is 12.0. The molecule has 5 heteroatoms. The molecule has 0 aliphatic carbocycles. The lowest BCUT2D eigenvalue weighted by molar-refractivity contribution is -0.148. The first-order chi connectivity index (χ1) is 7.99. The Hall–Kier alpha value is -1.10. The smallest absolute Gasteiger partial charge is 0.329 e. The van der Waals surface area contributed by atoms with Crippen LogP contribution in [0, 0.1) is 5.92 Å². The van der Waals surface area contributed by atoms with Crippen LogP contribution in [0.5, 0.6) is 0 Å². The highest BCUT2D eigenvalue weighted by Crippen LogP contribution is 2.17. The lowest BCUT2D eigenvalue weighted by Crippen LogP contribution is -2.54. The molecule has 1 fully saturated rings. The Morgan fingerprint density at radius 3 is 2.47 bits per heavy atom. The van der Waals surface area contributed by atoms with E-state index in [1.807, 2.05) is 6.92 Å². The molecule has 0 bridgehead atoms. The van der Waals surface area contributed by atoms with E-state index in [2.05, 4.69) is 10.6 Å². The topological polar surface area (TPSA) is 78.4 Å².